The fourth-order valence-electron chi connectivity index (χ4n) is 3.46. The lowest BCUT2D eigenvalue weighted by Gasteiger charge is -2.15. The van der Waals surface area contributed by atoms with Crippen molar-refractivity contribution in [2.75, 3.05) is 5.32 Å². The number of unbranched alkanes of at least 4 members (excludes halogenated alkanes) is 6. The number of amides is 1. The number of benzene rings is 2. The van der Waals surface area contributed by atoms with E-state index in [1.807, 2.05) is 42.5 Å². The standard InChI is InChI=1S/C25H35NO2/c1-3-5-7-10-15-21-16-14-20-24(23(21)19-13-8-6-4-2)28-25(27)26-22-17-11-9-12-18-22/h9,11-12,14,16-18,20H,3-8,10,13,15,19H2,1-2H3,(H,26,27). The van der Waals surface area contributed by atoms with E-state index in [1.165, 1.54) is 56.1 Å². The molecule has 0 fully saturated rings. The number of anilines is 1. The molecule has 0 saturated heterocycles. The van der Waals surface area contributed by atoms with E-state index >= 15 is 0 Å². The van der Waals surface area contributed by atoms with Crippen LogP contribution in [0.5, 0.6) is 5.75 Å². The van der Waals surface area contributed by atoms with Crippen LogP contribution in [-0.2, 0) is 12.8 Å². The lowest BCUT2D eigenvalue weighted by molar-refractivity contribution is 0.214. The molecular weight excluding hydrogens is 346 g/mol. The fraction of sp³-hybridized carbons (Fsp3) is 0.480. The van der Waals surface area contributed by atoms with Gasteiger partial charge in [-0.25, -0.2) is 4.79 Å². The van der Waals surface area contributed by atoms with Gasteiger partial charge in [-0.15, -0.1) is 0 Å². The molecule has 3 heteroatoms. The first-order valence-corrected chi connectivity index (χ1v) is 10.9. The summed E-state index contributed by atoms with van der Waals surface area (Å²) in [7, 11) is 0. The van der Waals surface area contributed by atoms with Crippen LogP contribution < -0.4 is 10.1 Å². The number of ether oxygens (including phenoxy) is 1. The molecule has 2 rings (SSSR count). The minimum atomic E-state index is -0.427. The molecule has 0 unspecified atom stereocenters. The molecule has 28 heavy (non-hydrogen) atoms. The van der Waals surface area contributed by atoms with Crippen molar-refractivity contribution in [3.05, 3.63) is 59.7 Å². The Kier molecular flexibility index (Phi) is 10.2. The third kappa shape index (κ3) is 7.75. The van der Waals surface area contributed by atoms with Gasteiger partial charge in [-0.2, -0.15) is 0 Å². The maximum atomic E-state index is 12.4. The Morgan fingerprint density at radius 3 is 2.14 bits per heavy atom. The van der Waals surface area contributed by atoms with Gasteiger partial charge in [0.25, 0.3) is 0 Å². The lowest BCUT2D eigenvalue weighted by Crippen LogP contribution is -2.18. The molecule has 0 radical (unpaired) electrons. The Labute approximate surface area is 170 Å². The molecule has 2 aromatic rings. The summed E-state index contributed by atoms with van der Waals surface area (Å²) in [6.07, 6.45) is 11.4. The predicted molar refractivity (Wildman–Crippen MR) is 118 cm³/mol. The van der Waals surface area contributed by atoms with E-state index < -0.39 is 6.09 Å². The summed E-state index contributed by atoms with van der Waals surface area (Å²) in [4.78, 5) is 12.4. The van der Waals surface area contributed by atoms with Gasteiger partial charge in [0.2, 0.25) is 0 Å². The molecule has 152 valence electrons. The van der Waals surface area contributed by atoms with Gasteiger partial charge < -0.3 is 4.74 Å². The zero-order valence-electron chi connectivity index (χ0n) is 17.5. The second-order valence-electron chi connectivity index (χ2n) is 7.40. The smallest absolute Gasteiger partial charge is 0.410 e. The average Bonchev–Trinajstić information content (AvgIpc) is 2.70. The first kappa shape index (κ1) is 22.0. The maximum absolute atomic E-state index is 12.4. The van der Waals surface area contributed by atoms with E-state index in [-0.39, 0.29) is 0 Å². The van der Waals surface area contributed by atoms with Gasteiger partial charge in [0.05, 0.1) is 0 Å². The molecular formula is C25H35NO2. The zero-order chi connectivity index (χ0) is 20.0. The highest BCUT2D eigenvalue weighted by Crippen LogP contribution is 2.27. The summed E-state index contributed by atoms with van der Waals surface area (Å²) < 4.78 is 5.72. The van der Waals surface area contributed by atoms with Crippen molar-refractivity contribution in [1.29, 1.82) is 0 Å². The quantitative estimate of drug-likeness (QED) is 0.386. The van der Waals surface area contributed by atoms with Gasteiger partial charge in [0, 0.05) is 5.69 Å². The average molecular weight is 382 g/mol. The second-order valence-corrected chi connectivity index (χ2v) is 7.40. The predicted octanol–water partition coefficient (Wildman–Crippen LogP) is 7.54. The molecule has 0 aliphatic heterocycles. The summed E-state index contributed by atoms with van der Waals surface area (Å²) in [6, 6.07) is 15.6. The molecule has 0 aliphatic carbocycles. The largest absolute Gasteiger partial charge is 0.417 e. The molecule has 0 aromatic heterocycles. The van der Waals surface area contributed by atoms with Crippen molar-refractivity contribution in [2.45, 2.75) is 78.1 Å². The molecule has 0 saturated carbocycles. The SMILES string of the molecule is CCCCCCc1cccc(OC(=O)Nc2ccccc2)c1CCCCCC. The van der Waals surface area contributed by atoms with E-state index in [0.29, 0.717) is 5.75 Å². The van der Waals surface area contributed by atoms with Crippen molar-refractivity contribution in [1.82, 2.24) is 0 Å². The van der Waals surface area contributed by atoms with Crippen LogP contribution in [-0.4, -0.2) is 6.09 Å². The van der Waals surface area contributed by atoms with Crippen molar-refractivity contribution in [2.24, 2.45) is 0 Å². The van der Waals surface area contributed by atoms with E-state index in [4.69, 9.17) is 4.74 Å². The fourth-order valence-corrected chi connectivity index (χ4v) is 3.46. The topological polar surface area (TPSA) is 38.3 Å². The van der Waals surface area contributed by atoms with Crippen LogP contribution in [0.2, 0.25) is 0 Å². The van der Waals surface area contributed by atoms with Crippen molar-refractivity contribution >= 4 is 11.8 Å². The van der Waals surface area contributed by atoms with E-state index in [2.05, 4.69) is 25.2 Å². The van der Waals surface area contributed by atoms with Gasteiger partial charge in [-0.05, 0) is 55.0 Å². The second kappa shape index (κ2) is 13.0. The van der Waals surface area contributed by atoms with Crippen LogP contribution in [0.4, 0.5) is 10.5 Å². The third-order valence-electron chi connectivity index (χ3n) is 5.03. The highest BCUT2D eigenvalue weighted by atomic mass is 16.6. The molecule has 0 spiro atoms. The normalized spacial score (nSPS) is 10.6. The van der Waals surface area contributed by atoms with Crippen LogP contribution >= 0.6 is 0 Å². The number of carbonyl (C=O) groups is 1. The van der Waals surface area contributed by atoms with Gasteiger partial charge in [0.1, 0.15) is 5.75 Å². The molecule has 0 heterocycles. The van der Waals surface area contributed by atoms with Gasteiger partial charge in [-0.3, -0.25) is 5.32 Å². The highest BCUT2D eigenvalue weighted by molar-refractivity contribution is 5.86. The van der Waals surface area contributed by atoms with Crippen LogP contribution in [0, 0.1) is 0 Å². The number of hydrogen-bond donors (Lipinski definition) is 1. The van der Waals surface area contributed by atoms with Crippen LogP contribution in [0.25, 0.3) is 0 Å². The minimum absolute atomic E-state index is 0.427. The first-order chi connectivity index (χ1) is 13.7. The Bertz CT molecular complexity index is 697. The summed E-state index contributed by atoms with van der Waals surface area (Å²) in [5.41, 5.74) is 3.28. The minimum Gasteiger partial charge on any atom is -0.410 e. The molecule has 2 aromatic carbocycles. The third-order valence-corrected chi connectivity index (χ3v) is 5.03. The molecule has 1 N–H and O–H groups in total. The molecule has 0 bridgehead atoms. The number of hydrogen-bond acceptors (Lipinski definition) is 2. The summed E-state index contributed by atoms with van der Waals surface area (Å²) in [5.74, 6) is 0.706. The summed E-state index contributed by atoms with van der Waals surface area (Å²) in [5, 5.41) is 2.81. The maximum Gasteiger partial charge on any atom is 0.417 e. The number of aryl methyl sites for hydroxylation is 1. The van der Waals surface area contributed by atoms with Crippen molar-refractivity contribution in [3.63, 3.8) is 0 Å². The summed E-state index contributed by atoms with van der Waals surface area (Å²) >= 11 is 0. The van der Waals surface area contributed by atoms with Crippen molar-refractivity contribution in [3.8, 4) is 5.75 Å². The molecule has 3 nitrogen and oxygen atoms in total. The van der Waals surface area contributed by atoms with Crippen LogP contribution in [0.3, 0.4) is 0 Å². The number of carbonyl (C=O) groups excluding carboxylic acids is 1. The number of para-hydroxylation sites is 1. The Hall–Kier alpha value is -2.29. The molecule has 0 aliphatic rings. The highest BCUT2D eigenvalue weighted by Gasteiger charge is 2.13. The van der Waals surface area contributed by atoms with E-state index in [0.717, 1.165) is 24.9 Å². The molecule has 1 amide bonds. The Morgan fingerprint density at radius 2 is 1.46 bits per heavy atom. The Morgan fingerprint density at radius 1 is 0.786 bits per heavy atom. The van der Waals surface area contributed by atoms with E-state index in [9.17, 15) is 4.79 Å². The van der Waals surface area contributed by atoms with Gasteiger partial charge in [-0.1, -0.05) is 82.7 Å². The number of nitrogens with one attached hydrogen (secondary N) is 1. The van der Waals surface area contributed by atoms with Crippen LogP contribution in [0.15, 0.2) is 48.5 Å². The first-order valence-electron chi connectivity index (χ1n) is 10.9. The monoisotopic (exact) mass is 381 g/mol. The lowest BCUT2D eigenvalue weighted by atomic mass is 9.96. The van der Waals surface area contributed by atoms with Crippen LogP contribution in [0.1, 0.15) is 76.3 Å². The molecule has 0 atom stereocenters. The van der Waals surface area contributed by atoms with Gasteiger partial charge >= 0.3 is 6.09 Å². The zero-order valence-corrected chi connectivity index (χ0v) is 17.5. The van der Waals surface area contributed by atoms with Crippen molar-refractivity contribution < 1.29 is 9.53 Å². The van der Waals surface area contributed by atoms with E-state index in [1.54, 1.807) is 0 Å². The number of rotatable bonds is 12. The Balaban J connectivity index is 2.07. The van der Waals surface area contributed by atoms with Gasteiger partial charge in [0.15, 0.2) is 0 Å². The summed E-state index contributed by atoms with van der Waals surface area (Å²) in [6.45, 7) is 4.46.